The summed E-state index contributed by atoms with van der Waals surface area (Å²) in [5.41, 5.74) is 4.04. The lowest BCUT2D eigenvalue weighted by Crippen LogP contribution is -2.41. The van der Waals surface area contributed by atoms with Crippen LogP contribution in [0.3, 0.4) is 0 Å². The normalized spacial score (nSPS) is 24.9. The fourth-order valence-electron chi connectivity index (χ4n) is 5.32. The monoisotopic (exact) mass is 421 g/mol. The Bertz CT molecular complexity index is 915. The van der Waals surface area contributed by atoms with Crippen LogP contribution in [0.2, 0.25) is 0 Å². The summed E-state index contributed by atoms with van der Waals surface area (Å²) >= 11 is 1.88. The summed E-state index contributed by atoms with van der Waals surface area (Å²) in [5, 5.41) is 13.1. The number of amidine groups is 1. The summed E-state index contributed by atoms with van der Waals surface area (Å²) in [6.45, 7) is 3.68. The maximum absolute atomic E-state index is 11.9. The second-order valence-electron chi connectivity index (χ2n) is 9.02. The molecule has 158 valence electrons. The molecule has 0 spiro atoms. The van der Waals surface area contributed by atoms with Crippen LogP contribution in [-0.4, -0.2) is 33.7 Å². The lowest BCUT2D eigenvalue weighted by atomic mass is 9.83. The Kier molecular flexibility index (Phi) is 5.63. The topological polar surface area (TPSA) is 26.5 Å². The number of hydrogen-bond donors (Lipinski definition) is 1. The fraction of sp³-hybridized carbons (Fsp3) is 0.500. The van der Waals surface area contributed by atoms with Gasteiger partial charge in [-0.1, -0.05) is 62.6 Å². The summed E-state index contributed by atoms with van der Waals surface area (Å²) in [6, 6.07) is 17.8. The molecule has 1 atom stereocenters. The SMILES string of the molecule is CCc1ccc(N2C[C@](O)(c3ccc(C4CCCCC4)cc3)[N+]3=C2SCCC3)cc1. The van der Waals surface area contributed by atoms with Crippen molar-refractivity contribution in [2.75, 3.05) is 23.7 Å². The Morgan fingerprint density at radius 1 is 1.00 bits per heavy atom. The van der Waals surface area contributed by atoms with Crippen LogP contribution in [0.25, 0.3) is 0 Å². The Morgan fingerprint density at radius 3 is 2.43 bits per heavy atom. The number of benzene rings is 2. The third kappa shape index (κ3) is 3.58. The van der Waals surface area contributed by atoms with E-state index in [1.54, 1.807) is 0 Å². The summed E-state index contributed by atoms with van der Waals surface area (Å²) in [5.74, 6) is 1.82. The van der Waals surface area contributed by atoms with E-state index in [0.29, 0.717) is 12.5 Å². The van der Waals surface area contributed by atoms with Gasteiger partial charge in [-0.25, -0.2) is 9.48 Å². The third-order valence-electron chi connectivity index (χ3n) is 7.15. The molecule has 1 N–H and O–H groups in total. The van der Waals surface area contributed by atoms with Crippen LogP contribution in [0.1, 0.15) is 68.1 Å². The maximum atomic E-state index is 11.9. The molecule has 2 aromatic rings. The number of anilines is 1. The van der Waals surface area contributed by atoms with Crippen molar-refractivity contribution in [2.24, 2.45) is 0 Å². The first-order valence-corrected chi connectivity index (χ1v) is 12.6. The fourth-order valence-corrected chi connectivity index (χ4v) is 6.50. The molecule has 5 rings (SSSR count). The van der Waals surface area contributed by atoms with E-state index in [9.17, 15) is 5.11 Å². The molecule has 1 aliphatic carbocycles. The molecule has 3 aliphatic rings. The number of aliphatic hydroxyl groups is 1. The quantitative estimate of drug-likeness (QED) is 0.663. The van der Waals surface area contributed by atoms with Crippen molar-refractivity contribution in [3.8, 4) is 0 Å². The summed E-state index contributed by atoms with van der Waals surface area (Å²) in [4.78, 5) is 2.32. The van der Waals surface area contributed by atoms with Gasteiger partial charge >= 0.3 is 5.17 Å². The van der Waals surface area contributed by atoms with E-state index in [1.165, 1.54) is 54.1 Å². The molecule has 4 heteroatoms. The minimum atomic E-state index is -0.961. The van der Waals surface area contributed by atoms with Gasteiger partial charge in [-0.2, -0.15) is 0 Å². The molecule has 3 nitrogen and oxygen atoms in total. The molecule has 0 aromatic heterocycles. The number of aryl methyl sites for hydroxylation is 1. The molecule has 30 heavy (non-hydrogen) atoms. The van der Waals surface area contributed by atoms with E-state index < -0.39 is 5.72 Å². The van der Waals surface area contributed by atoms with E-state index in [1.807, 2.05) is 11.8 Å². The van der Waals surface area contributed by atoms with Gasteiger partial charge in [0.2, 0.25) is 0 Å². The Balaban J connectivity index is 1.45. The first kappa shape index (κ1) is 20.1. The highest BCUT2D eigenvalue weighted by atomic mass is 32.2. The first-order chi connectivity index (χ1) is 14.7. The van der Waals surface area contributed by atoms with Crippen LogP contribution in [0, 0.1) is 0 Å². The van der Waals surface area contributed by atoms with Gasteiger partial charge in [-0.3, -0.25) is 0 Å². The van der Waals surface area contributed by atoms with Gasteiger partial charge in [0.1, 0.15) is 5.69 Å². The van der Waals surface area contributed by atoms with E-state index in [4.69, 9.17) is 0 Å². The van der Waals surface area contributed by atoms with Crippen LogP contribution >= 0.6 is 11.8 Å². The van der Waals surface area contributed by atoms with Gasteiger partial charge in [-0.15, -0.1) is 0 Å². The van der Waals surface area contributed by atoms with Crippen molar-refractivity contribution in [2.45, 2.75) is 63.5 Å². The molecule has 0 saturated heterocycles. The molecule has 0 unspecified atom stereocenters. The van der Waals surface area contributed by atoms with Crippen LogP contribution in [0.4, 0.5) is 5.69 Å². The Labute approximate surface area is 184 Å². The summed E-state index contributed by atoms with van der Waals surface area (Å²) < 4.78 is 2.24. The largest absolute Gasteiger partial charge is 0.346 e. The Hall–Kier alpha value is -1.78. The lowest BCUT2D eigenvalue weighted by Gasteiger charge is -2.26. The van der Waals surface area contributed by atoms with Gasteiger partial charge < -0.3 is 5.11 Å². The molecule has 0 bridgehead atoms. The molecular formula is C26H33N2OS+. The number of β-amino-alcohol motifs (C(OH)–C–C–N with tert-alkyl or cyclic N) is 1. The van der Waals surface area contributed by atoms with E-state index >= 15 is 0 Å². The average molecular weight is 422 g/mol. The van der Waals surface area contributed by atoms with Crippen LogP contribution in [-0.2, 0) is 12.1 Å². The zero-order chi connectivity index (χ0) is 20.6. The van der Waals surface area contributed by atoms with E-state index in [0.717, 1.165) is 30.7 Å². The molecule has 0 radical (unpaired) electrons. The highest BCUT2D eigenvalue weighted by molar-refractivity contribution is 8.13. The van der Waals surface area contributed by atoms with Crippen molar-refractivity contribution >= 4 is 22.6 Å². The van der Waals surface area contributed by atoms with E-state index in [2.05, 4.69) is 64.9 Å². The van der Waals surface area contributed by atoms with Crippen molar-refractivity contribution < 1.29 is 9.68 Å². The molecule has 1 fully saturated rings. The third-order valence-corrected chi connectivity index (χ3v) is 8.34. The number of thioether (sulfide) groups is 1. The summed E-state index contributed by atoms with van der Waals surface area (Å²) in [6.07, 6.45) is 8.87. The van der Waals surface area contributed by atoms with Gasteiger partial charge in [0.05, 0.1) is 6.54 Å². The lowest BCUT2D eigenvalue weighted by molar-refractivity contribution is -0.656. The van der Waals surface area contributed by atoms with Crippen LogP contribution < -0.4 is 4.90 Å². The molecular weight excluding hydrogens is 388 g/mol. The minimum absolute atomic E-state index is 0.587. The van der Waals surface area contributed by atoms with Gasteiger partial charge in [0.25, 0.3) is 5.72 Å². The van der Waals surface area contributed by atoms with Crippen molar-refractivity contribution in [1.29, 1.82) is 0 Å². The number of rotatable bonds is 4. The molecule has 0 amide bonds. The average Bonchev–Trinajstić information content (AvgIpc) is 3.14. The van der Waals surface area contributed by atoms with Gasteiger partial charge in [-0.05, 0) is 66.6 Å². The second kappa shape index (κ2) is 8.39. The van der Waals surface area contributed by atoms with Gasteiger partial charge in [0, 0.05) is 11.3 Å². The zero-order valence-electron chi connectivity index (χ0n) is 18.0. The first-order valence-electron chi connectivity index (χ1n) is 11.7. The van der Waals surface area contributed by atoms with Crippen molar-refractivity contribution in [3.05, 3.63) is 65.2 Å². The maximum Gasteiger partial charge on any atom is 0.316 e. The van der Waals surface area contributed by atoms with Crippen LogP contribution in [0.15, 0.2) is 48.5 Å². The predicted molar refractivity (Wildman–Crippen MR) is 127 cm³/mol. The Morgan fingerprint density at radius 2 is 1.73 bits per heavy atom. The van der Waals surface area contributed by atoms with Gasteiger partial charge in [0.15, 0.2) is 6.54 Å². The number of nitrogens with zero attached hydrogens (tertiary/aromatic N) is 2. The van der Waals surface area contributed by atoms with Crippen molar-refractivity contribution in [1.82, 2.24) is 0 Å². The molecule has 2 aliphatic heterocycles. The zero-order valence-corrected chi connectivity index (χ0v) is 18.8. The van der Waals surface area contributed by atoms with E-state index in [-0.39, 0.29) is 0 Å². The molecule has 2 aromatic carbocycles. The smallest absolute Gasteiger partial charge is 0.316 e. The van der Waals surface area contributed by atoms with Crippen molar-refractivity contribution in [3.63, 3.8) is 0 Å². The van der Waals surface area contributed by atoms with Crippen LogP contribution in [0.5, 0.6) is 0 Å². The second-order valence-corrected chi connectivity index (χ2v) is 10.1. The predicted octanol–water partition coefficient (Wildman–Crippen LogP) is 5.47. The molecule has 1 saturated carbocycles. The highest BCUT2D eigenvalue weighted by Crippen LogP contribution is 2.39. The number of hydrogen-bond acceptors (Lipinski definition) is 3. The minimum Gasteiger partial charge on any atom is -0.346 e. The summed E-state index contributed by atoms with van der Waals surface area (Å²) in [7, 11) is 0. The molecule has 2 heterocycles. The highest BCUT2D eigenvalue weighted by Gasteiger charge is 2.53. The standard InChI is InChI=1S/C26H33N2OS/c1-2-20-9-15-24(16-10-20)27-19-26(29,28-17-6-18-30-25(27)28)23-13-11-22(12-14-23)21-7-4-3-5-8-21/h9-16,21,29H,2-8,17-19H2,1H3/q+1/t26-/m0/s1.